The summed E-state index contributed by atoms with van der Waals surface area (Å²) >= 11 is 0. The third kappa shape index (κ3) is 4.81. The molecule has 1 aromatic rings. The van der Waals surface area contributed by atoms with Crippen LogP contribution in [0.15, 0.2) is 24.3 Å². The Balaban J connectivity index is 1.96. The van der Waals surface area contributed by atoms with Crippen molar-refractivity contribution in [3.8, 4) is 0 Å². The van der Waals surface area contributed by atoms with Crippen molar-refractivity contribution >= 4 is 29.9 Å². The highest BCUT2D eigenvalue weighted by molar-refractivity contribution is 5.94. The van der Waals surface area contributed by atoms with E-state index in [0.29, 0.717) is 37.4 Å². The van der Waals surface area contributed by atoms with E-state index >= 15 is 0 Å². The predicted molar refractivity (Wildman–Crippen MR) is 94.6 cm³/mol. The summed E-state index contributed by atoms with van der Waals surface area (Å²) in [5.41, 5.74) is 1.01. The van der Waals surface area contributed by atoms with Crippen LogP contribution in [0.2, 0.25) is 0 Å². The van der Waals surface area contributed by atoms with Crippen molar-refractivity contribution in [3.63, 3.8) is 0 Å². The summed E-state index contributed by atoms with van der Waals surface area (Å²) in [7, 11) is 1.30. The van der Waals surface area contributed by atoms with Gasteiger partial charge in [0.15, 0.2) is 0 Å². The molecule has 0 spiro atoms. The summed E-state index contributed by atoms with van der Waals surface area (Å²) in [6, 6.07) is 6.47. The van der Waals surface area contributed by atoms with Crippen molar-refractivity contribution < 1.29 is 23.9 Å². The van der Waals surface area contributed by atoms with Crippen LogP contribution in [0.5, 0.6) is 0 Å². The number of amides is 3. The Bertz CT molecular complexity index is 666. The maximum absolute atomic E-state index is 12.4. The summed E-state index contributed by atoms with van der Waals surface area (Å²) in [4.78, 5) is 51.4. The van der Waals surface area contributed by atoms with Crippen LogP contribution in [0, 0.1) is 0 Å². The first kappa shape index (κ1) is 19.4. The van der Waals surface area contributed by atoms with Gasteiger partial charge in [-0.2, -0.15) is 0 Å². The van der Waals surface area contributed by atoms with E-state index in [9.17, 15) is 19.2 Å². The maximum Gasteiger partial charge on any atom is 0.337 e. The molecule has 0 N–H and O–H groups in total. The lowest BCUT2D eigenvalue weighted by atomic mass is 10.2. The number of piperazine rings is 1. The molecule has 8 nitrogen and oxygen atoms in total. The third-order valence-electron chi connectivity index (χ3n) is 4.35. The summed E-state index contributed by atoms with van der Waals surface area (Å²) in [6.07, 6.45) is 0.983. The molecule has 1 aliphatic heterocycles. The van der Waals surface area contributed by atoms with Crippen molar-refractivity contribution in [3.05, 3.63) is 29.8 Å². The molecular formula is C18H23N3O5. The van der Waals surface area contributed by atoms with E-state index in [-0.39, 0.29) is 24.8 Å². The molecule has 140 valence electrons. The van der Waals surface area contributed by atoms with Crippen LogP contribution in [-0.2, 0) is 19.1 Å². The Labute approximate surface area is 152 Å². The summed E-state index contributed by atoms with van der Waals surface area (Å²) in [5.74, 6) is -0.682. The zero-order chi connectivity index (χ0) is 19.1. The second-order valence-corrected chi connectivity index (χ2v) is 5.98. The third-order valence-corrected chi connectivity index (χ3v) is 4.35. The van der Waals surface area contributed by atoms with Gasteiger partial charge in [0.25, 0.3) is 0 Å². The van der Waals surface area contributed by atoms with Gasteiger partial charge in [0.1, 0.15) is 0 Å². The highest BCUT2D eigenvalue weighted by Crippen LogP contribution is 2.17. The van der Waals surface area contributed by atoms with Gasteiger partial charge in [-0.1, -0.05) is 0 Å². The molecular weight excluding hydrogens is 338 g/mol. The van der Waals surface area contributed by atoms with Crippen LogP contribution >= 0.6 is 0 Å². The van der Waals surface area contributed by atoms with E-state index in [1.54, 1.807) is 34.1 Å². The lowest BCUT2D eigenvalue weighted by molar-refractivity contribution is -0.135. The fourth-order valence-electron chi connectivity index (χ4n) is 2.81. The normalized spacial score (nSPS) is 13.9. The van der Waals surface area contributed by atoms with Crippen molar-refractivity contribution in [2.75, 3.05) is 44.7 Å². The number of carbonyl (C=O) groups excluding carboxylic acids is 4. The summed E-state index contributed by atoms with van der Waals surface area (Å²) in [6.45, 7) is 3.75. The topological polar surface area (TPSA) is 87.2 Å². The number of rotatable bonds is 6. The van der Waals surface area contributed by atoms with Gasteiger partial charge in [-0.3, -0.25) is 14.4 Å². The Morgan fingerprint density at radius 3 is 2.23 bits per heavy atom. The SMILES string of the molecule is COC(=O)c1ccc(N(CCC(=O)N2CCN(C=O)CC2)C(C)=O)cc1. The van der Waals surface area contributed by atoms with Crippen LogP contribution in [-0.4, -0.2) is 73.8 Å². The minimum absolute atomic E-state index is 0.0482. The van der Waals surface area contributed by atoms with Gasteiger partial charge >= 0.3 is 5.97 Å². The Morgan fingerprint density at radius 1 is 1.12 bits per heavy atom. The average molecular weight is 361 g/mol. The predicted octanol–water partition coefficient (Wildman–Crippen LogP) is 0.517. The largest absolute Gasteiger partial charge is 0.465 e. The van der Waals surface area contributed by atoms with Gasteiger partial charge < -0.3 is 19.4 Å². The first-order chi connectivity index (χ1) is 12.5. The van der Waals surface area contributed by atoms with Gasteiger partial charge in [-0.15, -0.1) is 0 Å². The van der Waals surface area contributed by atoms with Crippen LogP contribution < -0.4 is 4.90 Å². The highest BCUT2D eigenvalue weighted by Gasteiger charge is 2.21. The fourth-order valence-corrected chi connectivity index (χ4v) is 2.81. The van der Waals surface area contributed by atoms with Crippen molar-refractivity contribution in [1.82, 2.24) is 9.80 Å². The standard InChI is InChI=1S/C18H23N3O5/c1-14(23)21(16-5-3-15(4-6-16)18(25)26-2)8-7-17(24)20-11-9-19(13-22)10-12-20/h3-6,13H,7-12H2,1-2H3. The van der Waals surface area contributed by atoms with Crippen molar-refractivity contribution in [2.45, 2.75) is 13.3 Å². The zero-order valence-corrected chi connectivity index (χ0v) is 15.0. The number of hydrogen-bond acceptors (Lipinski definition) is 5. The molecule has 0 bridgehead atoms. The van der Waals surface area contributed by atoms with Crippen LogP contribution in [0.3, 0.4) is 0 Å². The van der Waals surface area contributed by atoms with E-state index in [1.807, 2.05) is 0 Å². The highest BCUT2D eigenvalue weighted by atomic mass is 16.5. The molecule has 3 amide bonds. The maximum atomic E-state index is 12.4. The zero-order valence-electron chi connectivity index (χ0n) is 15.0. The summed E-state index contributed by atoms with van der Waals surface area (Å²) < 4.78 is 4.65. The minimum atomic E-state index is -0.449. The summed E-state index contributed by atoms with van der Waals surface area (Å²) in [5, 5.41) is 0. The van der Waals surface area contributed by atoms with E-state index in [1.165, 1.54) is 18.9 Å². The molecule has 1 aromatic carbocycles. The minimum Gasteiger partial charge on any atom is -0.465 e. The molecule has 1 fully saturated rings. The number of anilines is 1. The van der Waals surface area contributed by atoms with Gasteiger partial charge in [0.2, 0.25) is 18.2 Å². The molecule has 0 unspecified atom stereocenters. The second kappa shape index (κ2) is 8.98. The molecule has 0 aliphatic carbocycles. The number of nitrogens with zero attached hydrogens (tertiary/aromatic N) is 3. The lowest BCUT2D eigenvalue weighted by Gasteiger charge is -2.33. The first-order valence-corrected chi connectivity index (χ1v) is 8.40. The number of benzene rings is 1. The van der Waals surface area contributed by atoms with Crippen LogP contribution in [0.1, 0.15) is 23.7 Å². The van der Waals surface area contributed by atoms with Crippen LogP contribution in [0.25, 0.3) is 0 Å². The lowest BCUT2D eigenvalue weighted by Crippen LogP contribution is -2.48. The van der Waals surface area contributed by atoms with E-state index < -0.39 is 5.97 Å². The van der Waals surface area contributed by atoms with E-state index in [4.69, 9.17) is 0 Å². The molecule has 0 atom stereocenters. The van der Waals surface area contributed by atoms with E-state index in [2.05, 4.69) is 4.74 Å². The first-order valence-electron chi connectivity index (χ1n) is 8.40. The molecule has 2 rings (SSSR count). The smallest absolute Gasteiger partial charge is 0.337 e. The molecule has 8 heteroatoms. The molecule has 1 saturated heterocycles. The molecule has 0 aromatic heterocycles. The quantitative estimate of drug-likeness (QED) is 0.544. The van der Waals surface area contributed by atoms with Gasteiger partial charge in [-0.25, -0.2) is 4.79 Å². The van der Waals surface area contributed by atoms with Gasteiger partial charge in [0, 0.05) is 51.8 Å². The average Bonchev–Trinajstić information content (AvgIpc) is 2.67. The molecule has 0 radical (unpaired) electrons. The van der Waals surface area contributed by atoms with E-state index in [0.717, 1.165) is 6.41 Å². The number of ether oxygens (including phenoxy) is 1. The Hall–Kier alpha value is -2.90. The van der Waals surface area contributed by atoms with Crippen LogP contribution in [0.4, 0.5) is 5.69 Å². The molecule has 1 heterocycles. The number of esters is 1. The van der Waals surface area contributed by atoms with Gasteiger partial charge in [-0.05, 0) is 24.3 Å². The van der Waals surface area contributed by atoms with Gasteiger partial charge in [0.05, 0.1) is 12.7 Å². The molecule has 1 aliphatic rings. The Kier molecular flexibility index (Phi) is 6.71. The number of carbonyl (C=O) groups is 4. The Morgan fingerprint density at radius 2 is 1.73 bits per heavy atom. The monoisotopic (exact) mass is 361 g/mol. The molecule has 26 heavy (non-hydrogen) atoms. The van der Waals surface area contributed by atoms with Crippen molar-refractivity contribution in [1.29, 1.82) is 0 Å². The van der Waals surface area contributed by atoms with Crippen molar-refractivity contribution in [2.24, 2.45) is 0 Å². The fraction of sp³-hybridized carbons (Fsp3) is 0.444. The molecule has 0 saturated carbocycles. The number of hydrogen-bond donors (Lipinski definition) is 0. The number of methoxy groups -OCH3 is 1. The second-order valence-electron chi connectivity index (χ2n) is 5.98.